The van der Waals surface area contributed by atoms with E-state index >= 15 is 0 Å². The maximum atomic E-state index is 11.3. The standard InChI is InChI=1S/C9H8N2O3/c1-5-7(12)6-3-2-4-10-8(6)11(14)9(5)13/h2-4,12,14H,1H3. The molecule has 0 aliphatic heterocycles. The summed E-state index contributed by atoms with van der Waals surface area (Å²) in [5.41, 5.74) is -0.498. The Morgan fingerprint density at radius 1 is 1.50 bits per heavy atom. The van der Waals surface area contributed by atoms with Crippen molar-refractivity contribution in [1.82, 2.24) is 9.71 Å². The monoisotopic (exact) mass is 192 g/mol. The number of nitrogens with zero attached hydrogens (tertiary/aromatic N) is 2. The van der Waals surface area contributed by atoms with Crippen molar-refractivity contribution in [2.45, 2.75) is 6.92 Å². The van der Waals surface area contributed by atoms with E-state index < -0.39 is 5.56 Å². The maximum absolute atomic E-state index is 11.3. The molecule has 5 heteroatoms. The van der Waals surface area contributed by atoms with Gasteiger partial charge in [-0.15, -0.1) is 4.73 Å². The summed E-state index contributed by atoms with van der Waals surface area (Å²) in [5.74, 6) is -0.136. The van der Waals surface area contributed by atoms with Crippen molar-refractivity contribution >= 4 is 11.0 Å². The molecule has 0 aliphatic carbocycles. The lowest BCUT2D eigenvalue weighted by Gasteiger charge is -2.05. The van der Waals surface area contributed by atoms with Crippen molar-refractivity contribution in [3.63, 3.8) is 0 Å². The van der Waals surface area contributed by atoms with Crippen molar-refractivity contribution in [1.29, 1.82) is 0 Å². The van der Waals surface area contributed by atoms with Crippen molar-refractivity contribution in [2.75, 3.05) is 0 Å². The number of aromatic hydroxyl groups is 1. The highest BCUT2D eigenvalue weighted by atomic mass is 16.5. The molecule has 5 nitrogen and oxygen atoms in total. The highest BCUT2D eigenvalue weighted by Gasteiger charge is 2.12. The van der Waals surface area contributed by atoms with Crippen LogP contribution >= 0.6 is 0 Å². The molecule has 0 unspecified atom stereocenters. The van der Waals surface area contributed by atoms with Crippen LogP contribution in [-0.2, 0) is 0 Å². The quantitative estimate of drug-likeness (QED) is 0.601. The van der Waals surface area contributed by atoms with Gasteiger partial charge < -0.3 is 10.3 Å². The predicted octanol–water partition coefficient (Wildman–Crippen LogP) is 0.648. The molecular weight excluding hydrogens is 184 g/mol. The Labute approximate surface area is 78.8 Å². The largest absolute Gasteiger partial charge is 0.507 e. The summed E-state index contributed by atoms with van der Waals surface area (Å²) in [4.78, 5) is 15.1. The predicted molar refractivity (Wildman–Crippen MR) is 49.6 cm³/mol. The molecule has 2 N–H and O–H groups in total. The summed E-state index contributed by atoms with van der Waals surface area (Å²) >= 11 is 0. The van der Waals surface area contributed by atoms with Gasteiger partial charge in [-0.1, -0.05) is 0 Å². The van der Waals surface area contributed by atoms with Crippen molar-refractivity contribution in [2.24, 2.45) is 0 Å². The number of hydrogen-bond donors (Lipinski definition) is 2. The molecule has 72 valence electrons. The molecule has 0 saturated heterocycles. The smallest absolute Gasteiger partial charge is 0.291 e. The Morgan fingerprint density at radius 2 is 2.21 bits per heavy atom. The van der Waals surface area contributed by atoms with Gasteiger partial charge in [-0.3, -0.25) is 4.79 Å². The first kappa shape index (κ1) is 8.55. The molecule has 2 heterocycles. The fourth-order valence-electron chi connectivity index (χ4n) is 1.31. The zero-order chi connectivity index (χ0) is 10.3. The molecule has 2 rings (SSSR count). The third kappa shape index (κ3) is 0.953. The van der Waals surface area contributed by atoms with Gasteiger partial charge in [0.1, 0.15) is 5.75 Å². The summed E-state index contributed by atoms with van der Waals surface area (Å²) in [6.07, 6.45) is 1.43. The molecule has 2 aromatic rings. The van der Waals surface area contributed by atoms with Crippen LogP contribution in [-0.4, -0.2) is 20.0 Å². The van der Waals surface area contributed by atoms with E-state index in [1.807, 2.05) is 0 Å². The summed E-state index contributed by atoms with van der Waals surface area (Å²) in [6.45, 7) is 1.44. The molecule has 0 spiro atoms. The first-order chi connectivity index (χ1) is 6.63. The second-order valence-corrected chi connectivity index (χ2v) is 2.97. The lowest BCUT2D eigenvalue weighted by Crippen LogP contribution is -2.21. The van der Waals surface area contributed by atoms with Crippen molar-refractivity contribution in [3.05, 3.63) is 34.2 Å². The minimum atomic E-state index is -0.659. The lowest BCUT2D eigenvalue weighted by molar-refractivity contribution is 0.185. The molecule has 14 heavy (non-hydrogen) atoms. The van der Waals surface area contributed by atoms with Gasteiger partial charge in [0.05, 0.1) is 10.9 Å². The van der Waals surface area contributed by atoms with E-state index in [4.69, 9.17) is 0 Å². The van der Waals surface area contributed by atoms with Crippen molar-refractivity contribution < 1.29 is 10.3 Å². The lowest BCUT2D eigenvalue weighted by atomic mass is 10.2. The van der Waals surface area contributed by atoms with E-state index in [1.54, 1.807) is 12.1 Å². The zero-order valence-electron chi connectivity index (χ0n) is 7.43. The molecule has 0 bridgehead atoms. The molecule has 0 radical (unpaired) electrons. The van der Waals surface area contributed by atoms with Crippen LogP contribution < -0.4 is 5.56 Å². The first-order valence-corrected chi connectivity index (χ1v) is 4.01. The molecule has 0 aliphatic rings. The Morgan fingerprint density at radius 3 is 2.93 bits per heavy atom. The summed E-state index contributed by atoms with van der Waals surface area (Å²) in [7, 11) is 0. The van der Waals surface area contributed by atoms with Gasteiger partial charge in [0.2, 0.25) is 0 Å². The molecule has 0 amide bonds. The van der Waals surface area contributed by atoms with Crippen LogP contribution in [0.5, 0.6) is 5.75 Å². The molecule has 0 atom stereocenters. The molecule has 0 aromatic carbocycles. The number of aromatic nitrogens is 2. The molecular formula is C9H8N2O3. The average Bonchev–Trinajstić information content (AvgIpc) is 2.23. The van der Waals surface area contributed by atoms with Gasteiger partial charge in [-0.2, -0.15) is 0 Å². The first-order valence-electron chi connectivity index (χ1n) is 4.01. The highest BCUT2D eigenvalue weighted by Crippen LogP contribution is 2.22. The van der Waals surface area contributed by atoms with Gasteiger partial charge in [0, 0.05) is 6.20 Å². The third-order valence-electron chi connectivity index (χ3n) is 2.11. The van der Waals surface area contributed by atoms with Crippen LogP contribution in [0, 0.1) is 6.92 Å². The SMILES string of the molecule is Cc1c(O)c2cccnc2n(O)c1=O. The highest BCUT2D eigenvalue weighted by molar-refractivity contribution is 5.82. The Hall–Kier alpha value is -2.04. The van der Waals surface area contributed by atoms with Gasteiger partial charge in [0.15, 0.2) is 5.65 Å². The second kappa shape index (κ2) is 2.73. The van der Waals surface area contributed by atoms with Crippen LogP contribution in [0.1, 0.15) is 5.56 Å². The second-order valence-electron chi connectivity index (χ2n) is 2.97. The van der Waals surface area contributed by atoms with Gasteiger partial charge >= 0.3 is 0 Å². The van der Waals surface area contributed by atoms with Crippen LogP contribution in [0.25, 0.3) is 11.0 Å². The van der Waals surface area contributed by atoms with Gasteiger partial charge in [-0.25, -0.2) is 4.98 Å². The van der Waals surface area contributed by atoms with Crippen LogP contribution in [0.2, 0.25) is 0 Å². The summed E-state index contributed by atoms with van der Waals surface area (Å²) in [6, 6.07) is 3.20. The summed E-state index contributed by atoms with van der Waals surface area (Å²) in [5, 5.41) is 19.3. The fraction of sp³-hybridized carbons (Fsp3) is 0.111. The number of hydrogen-bond acceptors (Lipinski definition) is 4. The minimum absolute atomic E-state index is 0.0561. The number of rotatable bonds is 0. The van der Waals surface area contributed by atoms with E-state index in [-0.39, 0.29) is 17.0 Å². The zero-order valence-corrected chi connectivity index (χ0v) is 7.43. The van der Waals surface area contributed by atoms with E-state index in [0.29, 0.717) is 10.1 Å². The maximum Gasteiger partial charge on any atom is 0.291 e. The van der Waals surface area contributed by atoms with E-state index in [9.17, 15) is 15.1 Å². The van der Waals surface area contributed by atoms with E-state index in [0.717, 1.165) is 0 Å². The Balaban J connectivity index is 3.10. The molecule has 2 aromatic heterocycles. The fourth-order valence-corrected chi connectivity index (χ4v) is 1.31. The minimum Gasteiger partial charge on any atom is -0.507 e. The van der Waals surface area contributed by atoms with Crippen LogP contribution in [0.4, 0.5) is 0 Å². The number of fused-ring (bicyclic) bond motifs is 1. The van der Waals surface area contributed by atoms with Gasteiger partial charge in [0.25, 0.3) is 5.56 Å². The van der Waals surface area contributed by atoms with Crippen molar-refractivity contribution in [3.8, 4) is 5.75 Å². The average molecular weight is 192 g/mol. The summed E-state index contributed by atoms with van der Waals surface area (Å²) < 4.78 is 0.435. The molecule has 0 fully saturated rings. The Bertz CT molecular complexity index is 560. The van der Waals surface area contributed by atoms with Crippen LogP contribution in [0.3, 0.4) is 0 Å². The third-order valence-corrected chi connectivity index (χ3v) is 2.11. The van der Waals surface area contributed by atoms with E-state index in [1.165, 1.54) is 13.1 Å². The number of pyridine rings is 2. The normalized spacial score (nSPS) is 10.6. The Kier molecular flexibility index (Phi) is 1.67. The van der Waals surface area contributed by atoms with E-state index in [2.05, 4.69) is 4.98 Å². The van der Waals surface area contributed by atoms with Gasteiger partial charge in [-0.05, 0) is 19.1 Å². The topological polar surface area (TPSA) is 75.3 Å². The van der Waals surface area contributed by atoms with Crippen LogP contribution in [0.15, 0.2) is 23.1 Å². The molecule has 0 saturated carbocycles.